The number of hydrogen-bond acceptors (Lipinski definition) is 4. The Hall–Kier alpha value is -1.73. The highest BCUT2D eigenvalue weighted by Crippen LogP contribution is 2.38. The molecular weight excluding hydrogens is 279 g/mol. The molecule has 0 spiro atoms. The molecule has 2 rings (SSSR count). The van der Waals surface area contributed by atoms with Crippen molar-refractivity contribution in [3.05, 3.63) is 46.2 Å². The Kier molecular flexibility index (Phi) is 3.68. The van der Waals surface area contributed by atoms with Gasteiger partial charge in [0.1, 0.15) is 0 Å². The summed E-state index contributed by atoms with van der Waals surface area (Å²) in [6.45, 7) is 0. The van der Waals surface area contributed by atoms with Crippen LogP contribution in [0.2, 0.25) is 0 Å². The van der Waals surface area contributed by atoms with Crippen LogP contribution in [0, 0.1) is 0 Å². The smallest absolute Gasteiger partial charge is 0.504 e. The van der Waals surface area contributed by atoms with Crippen LogP contribution in [0.25, 0.3) is 0 Å². The maximum Gasteiger partial charge on any atom is 0.573 e. The first kappa shape index (κ1) is 13.7. The number of phenols is 1. The van der Waals surface area contributed by atoms with E-state index < -0.39 is 23.9 Å². The number of halogens is 3. The van der Waals surface area contributed by atoms with Gasteiger partial charge >= 0.3 is 6.36 Å². The SMILES string of the molecule is N[C@H](c1cccs1)c1cccc(OC(F)(F)F)c1O. The Morgan fingerprint density at radius 1 is 1.21 bits per heavy atom. The molecule has 2 aromatic rings. The van der Waals surface area contributed by atoms with Gasteiger partial charge in [-0.05, 0) is 17.5 Å². The molecule has 0 amide bonds. The fraction of sp³-hybridized carbons (Fsp3) is 0.167. The van der Waals surface area contributed by atoms with Crippen LogP contribution in [0.4, 0.5) is 13.2 Å². The van der Waals surface area contributed by atoms with Gasteiger partial charge in [-0.15, -0.1) is 24.5 Å². The van der Waals surface area contributed by atoms with Crippen molar-refractivity contribution in [1.29, 1.82) is 0 Å². The van der Waals surface area contributed by atoms with Crippen LogP contribution >= 0.6 is 11.3 Å². The average molecular weight is 289 g/mol. The number of nitrogens with two attached hydrogens (primary N) is 1. The van der Waals surface area contributed by atoms with Gasteiger partial charge in [-0.3, -0.25) is 0 Å². The third-order valence-corrected chi connectivity index (χ3v) is 3.40. The van der Waals surface area contributed by atoms with Gasteiger partial charge in [-0.1, -0.05) is 18.2 Å². The zero-order valence-electron chi connectivity index (χ0n) is 9.52. The van der Waals surface area contributed by atoms with E-state index in [4.69, 9.17) is 5.73 Å². The highest BCUT2D eigenvalue weighted by molar-refractivity contribution is 7.10. The Morgan fingerprint density at radius 3 is 2.53 bits per heavy atom. The number of aromatic hydroxyl groups is 1. The fourth-order valence-electron chi connectivity index (χ4n) is 1.62. The summed E-state index contributed by atoms with van der Waals surface area (Å²) in [7, 11) is 0. The standard InChI is InChI=1S/C12H10F3NO2S/c13-12(14,15)18-8-4-1-3-7(11(8)17)10(16)9-5-2-6-19-9/h1-6,10,17H,16H2/t10-/m0/s1. The molecule has 0 aliphatic rings. The van der Waals surface area contributed by atoms with Gasteiger partial charge < -0.3 is 15.6 Å². The van der Waals surface area contributed by atoms with Gasteiger partial charge in [0.15, 0.2) is 11.5 Å². The number of ether oxygens (including phenoxy) is 1. The van der Waals surface area contributed by atoms with E-state index in [9.17, 15) is 18.3 Å². The maximum atomic E-state index is 12.2. The van der Waals surface area contributed by atoms with E-state index in [2.05, 4.69) is 4.74 Å². The lowest BCUT2D eigenvalue weighted by Gasteiger charge is -2.16. The number of benzene rings is 1. The van der Waals surface area contributed by atoms with Crippen LogP contribution in [-0.2, 0) is 0 Å². The zero-order chi connectivity index (χ0) is 14.0. The normalized spacial score (nSPS) is 13.3. The summed E-state index contributed by atoms with van der Waals surface area (Å²) in [6, 6.07) is 6.66. The van der Waals surface area contributed by atoms with Crippen LogP contribution in [0.3, 0.4) is 0 Å². The lowest BCUT2D eigenvalue weighted by Crippen LogP contribution is -2.18. The molecule has 0 fully saturated rings. The molecule has 0 aliphatic heterocycles. The van der Waals surface area contributed by atoms with Crippen LogP contribution < -0.4 is 10.5 Å². The third kappa shape index (κ3) is 3.18. The number of hydrogen-bond donors (Lipinski definition) is 2. The van der Waals surface area contributed by atoms with E-state index in [1.807, 2.05) is 0 Å². The second-order valence-electron chi connectivity index (χ2n) is 3.73. The first-order valence-corrected chi connectivity index (χ1v) is 6.13. The zero-order valence-corrected chi connectivity index (χ0v) is 10.3. The van der Waals surface area contributed by atoms with Gasteiger partial charge in [-0.2, -0.15) is 0 Å². The van der Waals surface area contributed by atoms with Crippen molar-refractivity contribution >= 4 is 11.3 Å². The number of thiophene rings is 1. The van der Waals surface area contributed by atoms with Gasteiger partial charge in [0.25, 0.3) is 0 Å². The Bertz CT molecular complexity index is 555. The number of alkyl halides is 3. The number of rotatable bonds is 3. The monoisotopic (exact) mass is 289 g/mol. The van der Waals surface area contributed by atoms with Crippen LogP contribution in [0.1, 0.15) is 16.5 Å². The van der Waals surface area contributed by atoms with Gasteiger partial charge in [0, 0.05) is 10.4 Å². The predicted octanol–water partition coefficient (Wildman–Crippen LogP) is 3.40. The highest BCUT2D eigenvalue weighted by atomic mass is 32.1. The molecule has 3 N–H and O–H groups in total. The van der Waals surface area contributed by atoms with E-state index in [0.717, 1.165) is 10.9 Å². The average Bonchev–Trinajstić information content (AvgIpc) is 2.83. The van der Waals surface area contributed by atoms with Gasteiger partial charge in [0.2, 0.25) is 0 Å². The Balaban J connectivity index is 2.35. The lowest BCUT2D eigenvalue weighted by atomic mass is 10.0. The van der Waals surface area contributed by atoms with Crippen molar-refractivity contribution < 1.29 is 23.0 Å². The van der Waals surface area contributed by atoms with Crippen molar-refractivity contribution in [2.45, 2.75) is 12.4 Å². The van der Waals surface area contributed by atoms with E-state index in [-0.39, 0.29) is 5.56 Å². The Labute approximate surface area is 111 Å². The minimum absolute atomic E-state index is 0.184. The first-order chi connectivity index (χ1) is 8.88. The summed E-state index contributed by atoms with van der Waals surface area (Å²) in [5, 5.41) is 11.6. The molecule has 0 radical (unpaired) electrons. The molecule has 1 atom stereocenters. The lowest BCUT2D eigenvalue weighted by molar-refractivity contribution is -0.275. The molecule has 0 aliphatic carbocycles. The van der Waals surface area contributed by atoms with Crippen LogP contribution in [0.5, 0.6) is 11.5 Å². The molecule has 19 heavy (non-hydrogen) atoms. The second-order valence-corrected chi connectivity index (χ2v) is 4.71. The van der Waals surface area contributed by atoms with Crippen molar-refractivity contribution in [1.82, 2.24) is 0 Å². The van der Waals surface area contributed by atoms with E-state index in [1.54, 1.807) is 17.5 Å². The van der Waals surface area contributed by atoms with Crippen LogP contribution in [-0.4, -0.2) is 11.5 Å². The summed E-state index contributed by atoms with van der Waals surface area (Å²) in [5.74, 6) is -1.25. The minimum Gasteiger partial charge on any atom is -0.504 e. The summed E-state index contributed by atoms with van der Waals surface area (Å²) in [5.41, 5.74) is 6.09. The molecule has 3 nitrogen and oxygen atoms in total. The fourth-order valence-corrected chi connectivity index (χ4v) is 2.36. The number of phenolic OH excluding ortho intramolecular Hbond substituents is 1. The second kappa shape index (κ2) is 5.10. The highest BCUT2D eigenvalue weighted by Gasteiger charge is 2.33. The summed E-state index contributed by atoms with van der Waals surface area (Å²) >= 11 is 1.35. The largest absolute Gasteiger partial charge is 0.573 e. The van der Waals surface area contributed by atoms with Crippen molar-refractivity contribution in [2.24, 2.45) is 5.73 Å². The summed E-state index contributed by atoms with van der Waals surface area (Å²) < 4.78 is 40.2. The molecule has 0 saturated heterocycles. The molecule has 1 aromatic carbocycles. The summed E-state index contributed by atoms with van der Waals surface area (Å²) in [6.07, 6.45) is -4.86. The van der Waals surface area contributed by atoms with Crippen molar-refractivity contribution in [2.75, 3.05) is 0 Å². The van der Waals surface area contributed by atoms with Gasteiger partial charge in [-0.25, -0.2) is 0 Å². The van der Waals surface area contributed by atoms with E-state index >= 15 is 0 Å². The molecule has 1 aromatic heterocycles. The van der Waals surface area contributed by atoms with Crippen LogP contribution in [0.15, 0.2) is 35.7 Å². The molecular formula is C12H10F3NO2S. The molecule has 7 heteroatoms. The van der Waals surface area contributed by atoms with E-state index in [0.29, 0.717) is 0 Å². The first-order valence-electron chi connectivity index (χ1n) is 5.25. The maximum absolute atomic E-state index is 12.2. The molecule has 0 saturated carbocycles. The van der Waals surface area contributed by atoms with E-state index in [1.165, 1.54) is 23.5 Å². The minimum atomic E-state index is -4.86. The quantitative estimate of drug-likeness (QED) is 0.910. The molecule has 1 heterocycles. The number of para-hydroxylation sites is 1. The third-order valence-electron chi connectivity index (χ3n) is 2.44. The topological polar surface area (TPSA) is 55.5 Å². The van der Waals surface area contributed by atoms with Gasteiger partial charge in [0.05, 0.1) is 6.04 Å². The molecule has 102 valence electrons. The molecule has 0 bridgehead atoms. The molecule has 0 unspecified atom stereocenters. The predicted molar refractivity (Wildman–Crippen MR) is 65.1 cm³/mol. The summed E-state index contributed by atoms with van der Waals surface area (Å²) in [4.78, 5) is 0.736. The Morgan fingerprint density at radius 2 is 1.95 bits per heavy atom. The van der Waals surface area contributed by atoms with Crippen molar-refractivity contribution in [3.8, 4) is 11.5 Å². The van der Waals surface area contributed by atoms with Crippen molar-refractivity contribution in [3.63, 3.8) is 0 Å².